The van der Waals surface area contributed by atoms with Crippen molar-refractivity contribution in [3.63, 3.8) is 0 Å². The summed E-state index contributed by atoms with van der Waals surface area (Å²) in [6, 6.07) is 2.12. The minimum absolute atomic E-state index is 0.139. The van der Waals surface area contributed by atoms with Crippen LogP contribution in [0.5, 0.6) is 17.2 Å². The van der Waals surface area contributed by atoms with Gasteiger partial charge in [0.05, 0.1) is 12.7 Å². The minimum atomic E-state index is -0.739. The second-order valence-corrected chi connectivity index (χ2v) is 5.18. The molecule has 0 saturated heterocycles. The normalized spacial score (nSPS) is 20.6. The molecule has 0 aliphatic heterocycles. The average Bonchev–Trinajstić information content (AvgIpc) is 2.93. The van der Waals surface area contributed by atoms with Crippen molar-refractivity contribution in [2.75, 3.05) is 7.11 Å². The molecule has 1 aromatic carbocycles. The zero-order chi connectivity index (χ0) is 16.3. The molecular formula is C14H18N2O6. The maximum atomic E-state index is 12.1. The standard InChI is InChI=1S/C14H18N2O6/c1-22-16-13(20)7-2-3-8(6-7)15-14(21)9-4-5-10(17)12(19)11(9)18/h4-5,7-8,17-19H,2-3,6H2,1H3,(H,15,21)(H,16,20)/t7-,8+/m1/s1. The van der Waals surface area contributed by atoms with Crippen molar-refractivity contribution in [2.45, 2.75) is 25.3 Å². The average molecular weight is 310 g/mol. The largest absolute Gasteiger partial charge is 0.504 e. The van der Waals surface area contributed by atoms with Crippen LogP contribution in [0.1, 0.15) is 29.6 Å². The van der Waals surface area contributed by atoms with Crippen LogP contribution < -0.4 is 10.8 Å². The topological polar surface area (TPSA) is 128 Å². The highest BCUT2D eigenvalue weighted by Gasteiger charge is 2.31. The van der Waals surface area contributed by atoms with Crippen LogP contribution in [0.3, 0.4) is 0 Å². The number of amides is 2. The quantitative estimate of drug-likeness (QED) is 0.404. The van der Waals surface area contributed by atoms with Gasteiger partial charge in [0.25, 0.3) is 5.91 Å². The van der Waals surface area contributed by atoms with Crippen LogP contribution in [0.2, 0.25) is 0 Å². The van der Waals surface area contributed by atoms with Gasteiger partial charge in [-0.3, -0.25) is 14.4 Å². The van der Waals surface area contributed by atoms with E-state index in [1.165, 1.54) is 13.2 Å². The highest BCUT2D eigenvalue weighted by Crippen LogP contribution is 2.37. The molecule has 5 N–H and O–H groups in total. The van der Waals surface area contributed by atoms with Gasteiger partial charge in [0.15, 0.2) is 11.5 Å². The van der Waals surface area contributed by atoms with E-state index in [0.29, 0.717) is 19.3 Å². The molecule has 0 heterocycles. The second kappa shape index (κ2) is 6.52. The molecule has 0 spiro atoms. The molecule has 2 rings (SSSR count). The zero-order valence-electron chi connectivity index (χ0n) is 12.0. The minimum Gasteiger partial charge on any atom is -0.504 e. The molecule has 8 nitrogen and oxygen atoms in total. The first-order valence-electron chi connectivity index (χ1n) is 6.81. The third-order valence-corrected chi connectivity index (χ3v) is 3.72. The third kappa shape index (κ3) is 3.22. The Bertz CT molecular complexity index is 589. The SMILES string of the molecule is CONC(=O)[C@@H]1CC[C@H](NC(=O)c2ccc(O)c(O)c2O)C1. The van der Waals surface area contributed by atoms with Crippen molar-refractivity contribution < 1.29 is 29.7 Å². The summed E-state index contributed by atoms with van der Waals surface area (Å²) in [5, 5.41) is 31.0. The predicted octanol–water partition coefficient (Wildman–Crippen LogP) is 0.379. The predicted molar refractivity (Wildman–Crippen MR) is 75.2 cm³/mol. The van der Waals surface area contributed by atoms with Crippen molar-refractivity contribution >= 4 is 11.8 Å². The van der Waals surface area contributed by atoms with Gasteiger partial charge in [-0.25, -0.2) is 5.48 Å². The van der Waals surface area contributed by atoms with Gasteiger partial charge in [-0.2, -0.15) is 0 Å². The number of hydroxylamine groups is 1. The van der Waals surface area contributed by atoms with E-state index in [-0.39, 0.29) is 23.4 Å². The zero-order valence-corrected chi connectivity index (χ0v) is 12.0. The van der Waals surface area contributed by atoms with Gasteiger partial charge >= 0.3 is 0 Å². The highest BCUT2D eigenvalue weighted by atomic mass is 16.6. The Labute approximate surface area is 126 Å². The molecule has 1 saturated carbocycles. The van der Waals surface area contributed by atoms with Crippen molar-refractivity contribution in [1.29, 1.82) is 0 Å². The Morgan fingerprint density at radius 3 is 2.59 bits per heavy atom. The maximum absolute atomic E-state index is 12.1. The molecule has 0 bridgehead atoms. The number of phenolic OH excluding ortho intramolecular Hbond substituents is 3. The van der Waals surface area contributed by atoms with Crippen LogP contribution in [-0.4, -0.2) is 40.3 Å². The first-order valence-corrected chi connectivity index (χ1v) is 6.81. The van der Waals surface area contributed by atoms with Crippen LogP contribution in [0.25, 0.3) is 0 Å². The van der Waals surface area contributed by atoms with E-state index < -0.39 is 23.2 Å². The first-order chi connectivity index (χ1) is 10.4. The molecule has 2 amide bonds. The lowest BCUT2D eigenvalue weighted by molar-refractivity contribution is -0.135. The number of rotatable bonds is 4. The summed E-state index contributed by atoms with van der Waals surface area (Å²) < 4.78 is 0. The summed E-state index contributed by atoms with van der Waals surface area (Å²) in [6.07, 6.45) is 1.71. The van der Waals surface area contributed by atoms with Gasteiger partial charge in [0.2, 0.25) is 11.7 Å². The Kier molecular flexibility index (Phi) is 4.71. The monoisotopic (exact) mass is 310 g/mol. The molecule has 0 radical (unpaired) electrons. The van der Waals surface area contributed by atoms with E-state index in [0.717, 1.165) is 6.07 Å². The van der Waals surface area contributed by atoms with Gasteiger partial charge in [-0.05, 0) is 31.4 Å². The summed E-state index contributed by atoms with van der Waals surface area (Å²) in [6.45, 7) is 0. The number of carbonyl (C=O) groups is 2. The molecule has 22 heavy (non-hydrogen) atoms. The lowest BCUT2D eigenvalue weighted by Crippen LogP contribution is -2.34. The Morgan fingerprint density at radius 1 is 1.18 bits per heavy atom. The summed E-state index contributed by atoms with van der Waals surface area (Å²) in [5.41, 5.74) is 2.12. The van der Waals surface area contributed by atoms with Crippen LogP contribution in [0, 0.1) is 5.92 Å². The lowest BCUT2D eigenvalue weighted by atomic mass is 10.1. The number of hydrogen-bond donors (Lipinski definition) is 5. The van der Waals surface area contributed by atoms with Gasteiger partial charge in [-0.15, -0.1) is 0 Å². The van der Waals surface area contributed by atoms with E-state index in [1.807, 2.05) is 0 Å². The van der Waals surface area contributed by atoms with E-state index in [2.05, 4.69) is 15.6 Å². The number of nitrogens with one attached hydrogen (secondary N) is 2. The van der Waals surface area contributed by atoms with Gasteiger partial charge in [-0.1, -0.05) is 0 Å². The summed E-state index contributed by atoms with van der Waals surface area (Å²) >= 11 is 0. The molecule has 1 aliphatic rings. The second-order valence-electron chi connectivity index (χ2n) is 5.18. The van der Waals surface area contributed by atoms with Crippen LogP contribution >= 0.6 is 0 Å². The van der Waals surface area contributed by atoms with Crippen LogP contribution in [-0.2, 0) is 9.63 Å². The van der Waals surface area contributed by atoms with Crippen molar-refractivity contribution in [3.05, 3.63) is 17.7 Å². The molecule has 1 fully saturated rings. The van der Waals surface area contributed by atoms with Crippen LogP contribution in [0.15, 0.2) is 12.1 Å². The summed E-state index contributed by atoms with van der Waals surface area (Å²) in [4.78, 5) is 28.3. The molecule has 0 unspecified atom stereocenters. The van der Waals surface area contributed by atoms with Crippen molar-refractivity contribution in [3.8, 4) is 17.2 Å². The summed E-state index contributed by atoms with van der Waals surface area (Å²) in [5.74, 6) is -2.98. The molecule has 8 heteroatoms. The van der Waals surface area contributed by atoms with E-state index in [9.17, 15) is 24.9 Å². The summed E-state index contributed by atoms with van der Waals surface area (Å²) in [7, 11) is 1.35. The van der Waals surface area contributed by atoms with Crippen molar-refractivity contribution in [1.82, 2.24) is 10.8 Å². The molecule has 1 aromatic rings. The molecular weight excluding hydrogens is 292 g/mol. The maximum Gasteiger partial charge on any atom is 0.255 e. The van der Waals surface area contributed by atoms with Crippen molar-refractivity contribution in [2.24, 2.45) is 5.92 Å². The number of benzene rings is 1. The van der Waals surface area contributed by atoms with E-state index in [1.54, 1.807) is 0 Å². The first kappa shape index (κ1) is 15.9. The Hall–Kier alpha value is -2.48. The smallest absolute Gasteiger partial charge is 0.255 e. The van der Waals surface area contributed by atoms with Crippen LogP contribution in [0.4, 0.5) is 0 Å². The third-order valence-electron chi connectivity index (χ3n) is 3.72. The lowest BCUT2D eigenvalue weighted by Gasteiger charge is -2.14. The molecule has 0 aromatic heterocycles. The number of carbonyl (C=O) groups excluding carboxylic acids is 2. The van der Waals surface area contributed by atoms with Gasteiger partial charge in [0, 0.05) is 12.0 Å². The van der Waals surface area contributed by atoms with E-state index >= 15 is 0 Å². The molecule has 120 valence electrons. The van der Waals surface area contributed by atoms with E-state index in [4.69, 9.17) is 0 Å². The fourth-order valence-electron chi connectivity index (χ4n) is 2.55. The fraction of sp³-hybridized carbons (Fsp3) is 0.429. The highest BCUT2D eigenvalue weighted by molar-refractivity contribution is 5.98. The Balaban J connectivity index is 1.99. The number of hydrogen-bond acceptors (Lipinski definition) is 6. The molecule has 1 aliphatic carbocycles. The molecule has 2 atom stereocenters. The Morgan fingerprint density at radius 2 is 1.91 bits per heavy atom. The fourth-order valence-corrected chi connectivity index (χ4v) is 2.55. The number of aromatic hydroxyl groups is 3. The number of phenols is 3. The van der Waals surface area contributed by atoms with Gasteiger partial charge < -0.3 is 20.6 Å². The van der Waals surface area contributed by atoms with Gasteiger partial charge in [0.1, 0.15) is 0 Å².